The van der Waals surface area contributed by atoms with Gasteiger partial charge in [0.25, 0.3) is 0 Å². The number of hydrogen-bond acceptors (Lipinski definition) is 4. The first-order valence-electron chi connectivity index (χ1n) is 23.1. The van der Waals surface area contributed by atoms with Crippen LogP contribution in [0.25, 0.3) is 49.5 Å². The summed E-state index contributed by atoms with van der Waals surface area (Å²) in [5.74, 6) is 0. The fourth-order valence-corrected chi connectivity index (χ4v) is 10.7. The third kappa shape index (κ3) is 5.85. The van der Waals surface area contributed by atoms with E-state index in [1.807, 2.05) is 0 Å². The van der Waals surface area contributed by atoms with Crippen LogP contribution in [0.3, 0.4) is 0 Å². The predicted molar refractivity (Wildman–Crippen MR) is 275 cm³/mol. The number of aryl methyl sites for hydroxylation is 1. The van der Waals surface area contributed by atoms with E-state index in [1.165, 1.54) is 27.7 Å². The fourth-order valence-electron chi connectivity index (χ4n) is 10.7. The van der Waals surface area contributed by atoms with E-state index in [4.69, 9.17) is 8.83 Å². The molecule has 0 radical (unpaired) electrons. The molecule has 0 atom stereocenters. The SMILES string of the molecule is Cc1cc2c3c(c1)N(c1ccc(C(C)(C)C)cc1)c1c(n(-c4ccc(C(C)(C)C)cc4)c4ccc5c6ccccc6oc5c14)B3c1oc3ccccc3c1N2c1ccc(C(C)(C)C)cc1. The molecule has 0 unspecified atom stereocenters. The van der Waals surface area contributed by atoms with Gasteiger partial charge in [-0.05, 0) is 130 Å². The molecule has 6 heteroatoms. The highest BCUT2D eigenvalue weighted by Gasteiger charge is 2.50. The number of benzene rings is 7. The summed E-state index contributed by atoms with van der Waals surface area (Å²) in [6.07, 6.45) is 0. The Bertz CT molecular complexity index is 3550. The first kappa shape index (κ1) is 39.7. The maximum atomic E-state index is 7.34. The molecule has 0 bridgehead atoms. The topological polar surface area (TPSA) is 37.7 Å². The Morgan fingerprint density at radius 3 is 1.48 bits per heavy atom. The van der Waals surface area contributed by atoms with Gasteiger partial charge in [-0.15, -0.1) is 0 Å². The van der Waals surface area contributed by atoms with Gasteiger partial charge in [0, 0.05) is 50.2 Å². The molecule has 0 aliphatic carbocycles. The van der Waals surface area contributed by atoms with Crippen molar-refractivity contribution in [1.29, 1.82) is 0 Å². The lowest BCUT2D eigenvalue weighted by Crippen LogP contribution is -2.62. The van der Waals surface area contributed by atoms with Crippen LogP contribution in [-0.2, 0) is 16.2 Å². The minimum Gasteiger partial charge on any atom is -0.468 e. The van der Waals surface area contributed by atoms with Gasteiger partial charge in [0.1, 0.15) is 22.4 Å². The molecule has 0 fully saturated rings. The van der Waals surface area contributed by atoms with Gasteiger partial charge in [-0.25, -0.2) is 0 Å². The van der Waals surface area contributed by atoms with Gasteiger partial charge in [-0.3, -0.25) is 0 Å². The van der Waals surface area contributed by atoms with E-state index < -0.39 is 0 Å². The van der Waals surface area contributed by atoms with E-state index in [0.717, 1.165) is 94.9 Å². The van der Waals surface area contributed by atoms with Crippen LogP contribution in [0.4, 0.5) is 34.1 Å². The number of para-hydroxylation sites is 2. The fraction of sp³-hybridized carbons (Fsp3) is 0.220. The Morgan fingerprint density at radius 1 is 0.462 bits per heavy atom. The van der Waals surface area contributed by atoms with E-state index >= 15 is 0 Å². The Morgan fingerprint density at radius 2 is 0.938 bits per heavy atom. The van der Waals surface area contributed by atoms with Crippen LogP contribution in [-0.4, -0.2) is 11.3 Å². The molecule has 65 heavy (non-hydrogen) atoms. The molecule has 0 saturated heterocycles. The molecule has 7 aromatic carbocycles. The summed E-state index contributed by atoms with van der Waals surface area (Å²) in [5.41, 5.74) is 19.9. The molecular formula is C59H54BN3O2. The highest BCUT2D eigenvalue weighted by atomic mass is 16.3. The standard InChI is InChI=1S/C59H54BN3O2/c1-35-33-46-51-47(34-35)62(40-27-21-37(22-28-40)58(5,6)7)53-50-45(32-31-43-42-15-11-13-17-48(42)64-54(43)50)63(41-29-23-38(24-30-41)59(8,9)10)55(53)60(51)56-52(44-16-12-14-18-49(44)65-56)61(46)39-25-19-36(20-26-39)57(2,3)4/h11-34H,1-10H3. The Balaban J connectivity index is 1.26. The summed E-state index contributed by atoms with van der Waals surface area (Å²) in [4.78, 5) is 5.01. The van der Waals surface area contributed by atoms with Crippen molar-refractivity contribution >= 4 is 101 Å². The summed E-state index contributed by atoms with van der Waals surface area (Å²) in [5, 5.41) is 4.39. The normalized spacial score (nSPS) is 13.9. The molecule has 12 rings (SSSR count). The first-order chi connectivity index (χ1) is 31.1. The number of fused-ring (bicyclic) bond motifs is 12. The van der Waals surface area contributed by atoms with Gasteiger partial charge < -0.3 is 23.2 Å². The number of nitrogens with zero attached hydrogens (tertiary/aromatic N) is 3. The molecule has 0 saturated carbocycles. The van der Waals surface area contributed by atoms with Gasteiger partial charge in [0.2, 0.25) is 0 Å². The number of rotatable bonds is 3. The second kappa shape index (κ2) is 13.6. The first-order valence-corrected chi connectivity index (χ1v) is 23.1. The van der Waals surface area contributed by atoms with Gasteiger partial charge in [-0.2, -0.15) is 0 Å². The zero-order valence-corrected chi connectivity index (χ0v) is 39.1. The van der Waals surface area contributed by atoms with Crippen molar-refractivity contribution in [2.75, 3.05) is 9.80 Å². The van der Waals surface area contributed by atoms with Crippen molar-refractivity contribution in [3.63, 3.8) is 0 Å². The van der Waals surface area contributed by atoms with Gasteiger partial charge in [0.15, 0.2) is 0 Å². The van der Waals surface area contributed by atoms with Crippen LogP contribution in [0.1, 0.15) is 84.6 Å². The van der Waals surface area contributed by atoms with E-state index in [1.54, 1.807) is 0 Å². The average molecular weight is 848 g/mol. The molecule has 10 aromatic rings. The molecule has 5 nitrogen and oxygen atoms in total. The van der Waals surface area contributed by atoms with Crippen molar-refractivity contribution in [1.82, 2.24) is 4.57 Å². The summed E-state index contributed by atoms with van der Waals surface area (Å²) in [6, 6.07) is 54.0. The number of furan rings is 2. The molecule has 3 aromatic heterocycles. The van der Waals surface area contributed by atoms with Crippen molar-refractivity contribution in [2.45, 2.75) is 85.5 Å². The molecule has 0 N–H and O–H groups in total. The minimum atomic E-state index is -0.276. The van der Waals surface area contributed by atoms with Crippen LogP contribution < -0.4 is 26.5 Å². The number of hydrogen-bond donors (Lipinski definition) is 0. The molecule has 0 amide bonds. The number of aromatic nitrogens is 1. The zero-order chi connectivity index (χ0) is 44.9. The molecule has 320 valence electrons. The Kier molecular flexibility index (Phi) is 8.27. The summed E-state index contributed by atoms with van der Waals surface area (Å²) >= 11 is 0. The van der Waals surface area contributed by atoms with Crippen molar-refractivity contribution < 1.29 is 8.83 Å². The third-order valence-electron chi connectivity index (χ3n) is 14.1. The minimum absolute atomic E-state index is 0.0000396. The van der Waals surface area contributed by atoms with Crippen LogP contribution in [0.5, 0.6) is 0 Å². The van der Waals surface area contributed by atoms with Crippen molar-refractivity contribution in [2.24, 2.45) is 0 Å². The number of anilines is 6. The van der Waals surface area contributed by atoms with E-state index in [0.29, 0.717) is 0 Å². The summed E-state index contributed by atoms with van der Waals surface area (Å²) in [6.45, 7) is 22.5. The third-order valence-corrected chi connectivity index (χ3v) is 14.1. The second-order valence-corrected chi connectivity index (χ2v) is 21.5. The average Bonchev–Trinajstić information content (AvgIpc) is 3.96. The lowest BCUT2D eigenvalue weighted by atomic mass is 9.37. The lowest BCUT2D eigenvalue weighted by Gasteiger charge is -2.42. The quantitative estimate of drug-likeness (QED) is 0.166. The summed E-state index contributed by atoms with van der Waals surface area (Å²) in [7, 11) is 0. The van der Waals surface area contributed by atoms with Gasteiger partial charge >= 0.3 is 6.71 Å². The van der Waals surface area contributed by atoms with Gasteiger partial charge in [0.05, 0.1) is 22.3 Å². The highest BCUT2D eigenvalue weighted by Crippen LogP contribution is 2.51. The zero-order valence-electron chi connectivity index (χ0n) is 39.1. The molecule has 2 aliphatic rings. The van der Waals surface area contributed by atoms with Crippen LogP contribution >= 0.6 is 0 Å². The Hall–Kier alpha value is -6.92. The van der Waals surface area contributed by atoms with Gasteiger partial charge in [-0.1, -0.05) is 129 Å². The van der Waals surface area contributed by atoms with Crippen LogP contribution in [0.15, 0.2) is 154 Å². The van der Waals surface area contributed by atoms with E-state index in [-0.39, 0.29) is 23.0 Å². The molecular weight excluding hydrogens is 793 g/mol. The molecule has 2 aliphatic heterocycles. The molecule has 5 heterocycles. The second-order valence-electron chi connectivity index (χ2n) is 21.5. The lowest BCUT2D eigenvalue weighted by molar-refractivity contribution is 0.590. The smallest absolute Gasteiger partial charge is 0.318 e. The maximum Gasteiger partial charge on any atom is 0.318 e. The largest absolute Gasteiger partial charge is 0.468 e. The van der Waals surface area contributed by atoms with Crippen LogP contribution in [0.2, 0.25) is 0 Å². The van der Waals surface area contributed by atoms with Crippen molar-refractivity contribution in [3.05, 3.63) is 168 Å². The monoisotopic (exact) mass is 847 g/mol. The van der Waals surface area contributed by atoms with E-state index in [9.17, 15) is 0 Å². The van der Waals surface area contributed by atoms with Crippen LogP contribution in [0, 0.1) is 6.92 Å². The molecule has 0 spiro atoms. The highest BCUT2D eigenvalue weighted by molar-refractivity contribution is 7.00. The maximum absolute atomic E-state index is 7.34. The summed E-state index contributed by atoms with van der Waals surface area (Å²) < 4.78 is 16.9. The van der Waals surface area contributed by atoms with E-state index in [2.05, 4.69) is 229 Å². The predicted octanol–water partition coefficient (Wildman–Crippen LogP) is 14.6. The van der Waals surface area contributed by atoms with Crippen molar-refractivity contribution in [3.8, 4) is 5.69 Å². The Labute approximate surface area is 382 Å².